The van der Waals surface area contributed by atoms with Crippen LogP contribution in [0.15, 0.2) is 34.1 Å². The number of nitrogen functional groups attached to an aromatic ring is 1. The molecule has 2 heterocycles. The summed E-state index contributed by atoms with van der Waals surface area (Å²) in [5.74, 6) is -1.37. The molecule has 5 N–H and O–H groups in total. The maximum atomic E-state index is 12.2. The average molecular weight is 348 g/mol. The molecule has 0 aromatic carbocycles. The average Bonchev–Trinajstić information content (AvgIpc) is 2.47. The van der Waals surface area contributed by atoms with Crippen LogP contribution in [0, 0.1) is 21.7 Å². The number of nitrogens with zero attached hydrogens (tertiary/aromatic N) is 1. The van der Waals surface area contributed by atoms with Crippen LogP contribution in [0.2, 0.25) is 0 Å². The second kappa shape index (κ2) is 11.5. The van der Waals surface area contributed by atoms with Crippen molar-refractivity contribution in [3.05, 3.63) is 67.0 Å². The second-order valence-electron chi connectivity index (χ2n) is 3.71. The summed E-state index contributed by atoms with van der Waals surface area (Å²) in [6.07, 6.45) is 1.72. The highest BCUT2D eigenvalue weighted by atomic mass is 19.1. The van der Waals surface area contributed by atoms with Gasteiger partial charge in [-0.1, -0.05) is 7.43 Å². The lowest BCUT2D eigenvalue weighted by Crippen LogP contribution is -2.10. The van der Waals surface area contributed by atoms with E-state index < -0.39 is 33.4 Å². The fraction of sp³-hybridized carbons (Fsp3) is 0.231. The Labute approximate surface area is 134 Å². The van der Waals surface area contributed by atoms with Gasteiger partial charge in [-0.15, -0.1) is 0 Å². The van der Waals surface area contributed by atoms with E-state index in [-0.39, 0.29) is 19.7 Å². The van der Waals surface area contributed by atoms with Gasteiger partial charge in [0.05, 0.1) is 11.0 Å². The smallest absolute Gasteiger partial charge is 0.336 e. The SMILES string of the molecule is C.CCO.Nc1cc(F)c[nH]c1=O.O=c1[nH]cc(F)cc1[N+](=O)[O-]. The third kappa shape index (κ3) is 8.38. The fourth-order valence-electron chi connectivity index (χ4n) is 1.06. The highest BCUT2D eigenvalue weighted by Crippen LogP contribution is 2.03. The number of aliphatic hydroxyl groups excluding tert-OH is 1. The van der Waals surface area contributed by atoms with Crippen LogP contribution in [0.5, 0.6) is 0 Å². The molecule has 0 radical (unpaired) electrons. The lowest BCUT2D eigenvalue weighted by molar-refractivity contribution is -0.386. The van der Waals surface area contributed by atoms with Crippen molar-refractivity contribution >= 4 is 11.4 Å². The first-order valence-electron chi connectivity index (χ1n) is 6.00. The third-order valence-corrected chi connectivity index (χ3v) is 1.94. The van der Waals surface area contributed by atoms with Gasteiger partial charge in [0.1, 0.15) is 17.3 Å². The van der Waals surface area contributed by atoms with Crippen molar-refractivity contribution in [2.24, 2.45) is 0 Å². The molecule has 0 spiro atoms. The van der Waals surface area contributed by atoms with Gasteiger partial charge in [0, 0.05) is 25.1 Å². The molecule has 0 bridgehead atoms. The van der Waals surface area contributed by atoms with Crippen LogP contribution in [0.3, 0.4) is 0 Å². The Bertz CT molecular complexity index is 761. The number of H-pyrrole nitrogens is 2. The minimum Gasteiger partial charge on any atom is -0.397 e. The van der Waals surface area contributed by atoms with Crippen molar-refractivity contribution in [1.82, 2.24) is 9.97 Å². The molecule has 0 aliphatic rings. The Morgan fingerprint density at radius 1 is 1.17 bits per heavy atom. The minimum atomic E-state index is -0.943. The van der Waals surface area contributed by atoms with Gasteiger partial charge in [0.25, 0.3) is 5.56 Å². The van der Waals surface area contributed by atoms with E-state index in [9.17, 15) is 28.5 Å². The van der Waals surface area contributed by atoms with Crippen LogP contribution in [-0.2, 0) is 0 Å². The summed E-state index contributed by atoms with van der Waals surface area (Å²) in [4.78, 5) is 34.0. The number of pyridine rings is 2. The van der Waals surface area contributed by atoms with Gasteiger partial charge in [-0.2, -0.15) is 0 Å². The van der Waals surface area contributed by atoms with Crippen molar-refractivity contribution in [2.45, 2.75) is 14.4 Å². The summed E-state index contributed by atoms with van der Waals surface area (Å²) in [6.45, 7) is 1.93. The molecule has 0 aliphatic heterocycles. The van der Waals surface area contributed by atoms with Crippen LogP contribution in [0.4, 0.5) is 20.2 Å². The molecule has 9 nitrogen and oxygen atoms in total. The number of hydrogen-bond donors (Lipinski definition) is 4. The maximum absolute atomic E-state index is 12.2. The molecule has 0 aliphatic carbocycles. The monoisotopic (exact) mass is 348 g/mol. The predicted octanol–water partition coefficient (Wildman–Crippen LogP) is 1.15. The number of nitrogens with two attached hydrogens (primary N) is 1. The third-order valence-electron chi connectivity index (χ3n) is 1.94. The Morgan fingerprint density at radius 3 is 1.92 bits per heavy atom. The number of hydrogen-bond acceptors (Lipinski definition) is 6. The van der Waals surface area contributed by atoms with E-state index >= 15 is 0 Å². The van der Waals surface area contributed by atoms with E-state index in [1.54, 1.807) is 6.92 Å². The molecular weight excluding hydrogens is 330 g/mol. The molecule has 0 fully saturated rings. The lowest BCUT2D eigenvalue weighted by Gasteiger charge is -1.88. The first kappa shape index (κ1) is 23.2. The van der Waals surface area contributed by atoms with Crippen LogP contribution in [-0.4, -0.2) is 26.6 Å². The minimum absolute atomic E-state index is 0. The van der Waals surface area contributed by atoms with Gasteiger partial charge in [-0.25, -0.2) is 8.78 Å². The maximum Gasteiger partial charge on any atom is 0.336 e. The highest BCUT2D eigenvalue weighted by molar-refractivity contribution is 5.33. The summed E-state index contributed by atoms with van der Waals surface area (Å²) in [5.41, 5.74) is 2.78. The zero-order chi connectivity index (χ0) is 18.0. The Hall–Kier alpha value is -3.08. The Kier molecular flexibility index (Phi) is 11.1. The van der Waals surface area contributed by atoms with Crippen LogP contribution in [0.1, 0.15) is 14.4 Å². The second-order valence-corrected chi connectivity index (χ2v) is 3.71. The van der Waals surface area contributed by atoms with Crippen LogP contribution in [0.25, 0.3) is 0 Å². The molecule has 2 rings (SSSR count). The molecule has 0 amide bonds. The number of halogens is 2. The number of aromatic amines is 2. The summed E-state index contributed by atoms with van der Waals surface area (Å²) in [5, 5.41) is 17.6. The highest BCUT2D eigenvalue weighted by Gasteiger charge is 2.11. The summed E-state index contributed by atoms with van der Waals surface area (Å²) in [6, 6.07) is 1.54. The van der Waals surface area contributed by atoms with Crippen molar-refractivity contribution in [3.63, 3.8) is 0 Å². The van der Waals surface area contributed by atoms with Crippen molar-refractivity contribution in [1.29, 1.82) is 0 Å². The molecule has 0 saturated heterocycles. The summed E-state index contributed by atoms with van der Waals surface area (Å²) >= 11 is 0. The number of nitro groups is 1. The Balaban J connectivity index is 0. The first-order chi connectivity index (χ1) is 10.7. The Morgan fingerprint density at radius 2 is 1.58 bits per heavy atom. The van der Waals surface area contributed by atoms with E-state index in [4.69, 9.17) is 10.8 Å². The van der Waals surface area contributed by atoms with Gasteiger partial charge in [-0.05, 0) is 6.92 Å². The van der Waals surface area contributed by atoms with Crippen LogP contribution < -0.4 is 16.9 Å². The summed E-state index contributed by atoms with van der Waals surface area (Å²) in [7, 11) is 0. The zero-order valence-corrected chi connectivity index (χ0v) is 11.9. The van der Waals surface area contributed by atoms with E-state index in [2.05, 4.69) is 4.98 Å². The van der Waals surface area contributed by atoms with Crippen LogP contribution >= 0.6 is 0 Å². The van der Waals surface area contributed by atoms with Gasteiger partial charge in [0.2, 0.25) is 0 Å². The molecule has 0 atom stereocenters. The van der Waals surface area contributed by atoms with Gasteiger partial charge in [-0.3, -0.25) is 19.7 Å². The number of aromatic nitrogens is 2. The predicted molar refractivity (Wildman–Crippen MR) is 84.6 cm³/mol. The topological polar surface area (TPSA) is 155 Å². The quantitative estimate of drug-likeness (QED) is 0.447. The van der Waals surface area contributed by atoms with E-state index in [0.29, 0.717) is 6.07 Å². The molecule has 2 aromatic heterocycles. The van der Waals surface area contributed by atoms with Gasteiger partial charge >= 0.3 is 11.2 Å². The number of nitrogens with one attached hydrogen (secondary N) is 2. The molecule has 0 saturated carbocycles. The molecular formula is C13H18F2N4O5. The van der Waals surface area contributed by atoms with Gasteiger partial charge in [0.15, 0.2) is 0 Å². The van der Waals surface area contributed by atoms with Gasteiger partial charge < -0.3 is 20.8 Å². The van der Waals surface area contributed by atoms with E-state index in [1.807, 2.05) is 4.98 Å². The zero-order valence-electron chi connectivity index (χ0n) is 11.9. The van der Waals surface area contributed by atoms with Crippen molar-refractivity contribution in [3.8, 4) is 0 Å². The fourth-order valence-corrected chi connectivity index (χ4v) is 1.06. The first-order valence-corrected chi connectivity index (χ1v) is 6.00. The van der Waals surface area contributed by atoms with Crippen molar-refractivity contribution < 1.29 is 18.8 Å². The van der Waals surface area contributed by atoms with E-state index in [1.165, 1.54) is 0 Å². The molecule has 134 valence electrons. The molecule has 11 heteroatoms. The molecule has 0 unspecified atom stereocenters. The number of anilines is 1. The number of rotatable bonds is 1. The van der Waals surface area contributed by atoms with Crippen molar-refractivity contribution in [2.75, 3.05) is 12.3 Å². The summed E-state index contributed by atoms with van der Waals surface area (Å²) < 4.78 is 24.3. The van der Waals surface area contributed by atoms with E-state index in [0.717, 1.165) is 18.5 Å². The molecule has 2 aromatic rings. The number of aliphatic hydroxyl groups is 1. The standard InChI is InChI=1S/C5H3FN2O3.C5H5FN2O.C2H6O.CH4/c6-3-1-4(8(10)11)5(9)7-2-3;6-3-1-4(7)5(9)8-2-3;1-2-3;/h1-2H,(H,7,9);1-2H,7H2,(H,8,9);3H,2H2,1H3;1H4. The largest absolute Gasteiger partial charge is 0.397 e. The molecule has 24 heavy (non-hydrogen) atoms. The lowest BCUT2D eigenvalue weighted by atomic mass is 10.4. The normalized spacial score (nSPS) is 8.67.